The van der Waals surface area contributed by atoms with Crippen LogP contribution in [0.3, 0.4) is 0 Å². The highest BCUT2D eigenvalue weighted by atomic mass is 16.4. The van der Waals surface area contributed by atoms with Gasteiger partial charge in [0.15, 0.2) is 5.82 Å². The molecule has 1 aliphatic carbocycles. The number of nitrogen functional groups attached to an aromatic ring is 1. The van der Waals surface area contributed by atoms with E-state index in [0.717, 1.165) is 59.0 Å². The number of piperazine rings is 1. The molecule has 35 heavy (non-hydrogen) atoms. The van der Waals surface area contributed by atoms with E-state index in [9.17, 15) is 14.7 Å². The van der Waals surface area contributed by atoms with Crippen LogP contribution in [0.5, 0.6) is 0 Å². The molecule has 4 fully saturated rings. The second-order valence-electron chi connectivity index (χ2n) is 10.3. The van der Waals surface area contributed by atoms with E-state index >= 15 is 0 Å². The molecule has 3 saturated heterocycles. The molecule has 178 valence electrons. The van der Waals surface area contributed by atoms with E-state index in [1.165, 1.54) is 0 Å². The molecule has 2 amide bonds. The lowest BCUT2D eigenvalue weighted by atomic mass is 9.64. The van der Waals surface area contributed by atoms with Crippen LogP contribution in [0, 0.1) is 0 Å². The van der Waals surface area contributed by atoms with Gasteiger partial charge < -0.3 is 20.6 Å². The third kappa shape index (κ3) is 2.63. The van der Waals surface area contributed by atoms with Crippen LogP contribution in [0.4, 0.5) is 22.0 Å². The predicted molar refractivity (Wildman–Crippen MR) is 133 cm³/mol. The fourth-order valence-electron chi connectivity index (χ4n) is 6.64. The molecule has 1 aromatic carbocycles. The number of hydrogen-bond acceptors (Lipinski definition) is 6. The molecule has 2 unspecified atom stereocenters. The van der Waals surface area contributed by atoms with Crippen LogP contribution >= 0.6 is 0 Å². The Hall–Kier alpha value is -3.88. The van der Waals surface area contributed by atoms with Gasteiger partial charge in [-0.15, -0.1) is 0 Å². The van der Waals surface area contributed by atoms with Crippen LogP contribution in [-0.4, -0.2) is 64.2 Å². The molecular formula is C26H26N6O3. The van der Waals surface area contributed by atoms with Crippen LogP contribution in [0.2, 0.25) is 0 Å². The van der Waals surface area contributed by atoms with E-state index < -0.39 is 11.5 Å². The van der Waals surface area contributed by atoms with Gasteiger partial charge >= 0.3 is 6.09 Å². The Morgan fingerprint density at radius 2 is 1.89 bits per heavy atom. The number of rotatable bonds is 2. The molecule has 1 saturated carbocycles. The molecule has 2 bridgehead atoms. The number of likely N-dealkylation sites (N-methyl/N-ethyl adjacent to an activating group) is 1. The molecule has 2 atom stereocenters. The number of anilines is 3. The van der Waals surface area contributed by atoms with Crippen molar-refractivity contribution in [2.75, 3.05) is 35.7 Å². The number of benzene rings is 1. The molecule has 3 aromatic rings. The standard InChI is InChI=1S/C26H26N6O3/c1-30-21-11-28-20-4-3-14(7-18(20)22(21)26(24(30)33)5-2-6-26)15-8-19(27)23(29-10-15)31-12-16-9-17(13-31)32(16)25(34)35/h3-4,7-8,10-11,16-17H,2,5-6,9,12-13,27H2,1H3,(H,34,35). The Bertz CT molecular complexity index is 1420. The molecule has 9 heteroatoms. The fraction of sp³-hybridized carbons (Fsp3) is 0.385. The molecule has 5 aliphatic rings. The Balaban J connectivity index is 1.25. The summed E-state index contributed by atoms with van der Waals surface area (Å²) < 4.78 is 0. The van der Waals surface area contributed by atoms with Crippen molar-refractivity contribution in [1.29, 1.82) is 0 Å². The van der Waals surface area contributed by atoms with E-state index in [1.54, 1.807) is 9.80 Å². The average molecular weight is 471 g/mol. The van der Waals surface area contributed by atoms with Gasteiger partial charge in [-0.2, -0.15) is 0 Å². The zero-order valence-corrected chi connectivity index (χ0v) is 19.4. The van der Waals surface area contributed by atoms with Gasteiger partial charge in [-0.3, -0.25) is 14.7 Å². The summed E-state index contributed by atoms with van der Waals surface area (Å²) in [5.41, 5.74) is 11.4. The van der Waals surface area contributed by atoms with Crippen molar-refractivity contribution in [3.05, 3.63) is 42.2 Å². The maximum atomic E-state index is 13.1. The number of carboxylic acid groups (broad SMARTS) is 1. The van der Waals surface area contributed by atoms with Crippen LogP contribution in [0.1, 0.15) is 31.2 Å². The predicted octanol–water partition coefficient (Wildman–Crippen LogP) is 3.22. The van der Waals surface area contributed by atoms with Crippen LogP contribution in [0.25, 0.3) is 22.0 Å². The molecule has 0 radical (unpaired) electrons. The Labute approximate surface area is 202 Å². The summed E-state index contributed by atoms with van der Waals surface area (Å²) in [4.78, 5) is 39.2. The minimum atomic E-state index is -0.851. The average Bonchev–Trinajstić information content (AvgIpc) is 3.05. The van der Waals surface area contributed by atoms with E-state index in [1.807, 2.05) is 37.6 Å². The number of hydrogen-bond donors (Lipinski definition) is 2. The van der Waals surface area contributed by atoms with Gasteiger partial charge in [0.05, 0.1) is 40.6 Å². The number of nitrogens with two attached hydrogens (primary N) is 1. The first kappa shape index (κ1) is 20.5. The van der Waals surface area contributed by atoms with Crippen molar-refractivity contribution >= 4 is 40.1 Å². The minimum Gasteiger partial charge on any atom is -0.465 e. The van der Waals surface area contributed by atoms with Crippen molar-refractivity contribution < 1.29 is 14.7 Å². The van der Waals surface area contributed by atoms with Gasteiger partial charge in [-0.25, -0.2) is 9.78 Å². The number of piperidine rings is 1. The zero-order chi connectivity index (χ0) is 24.1. The summed E-state index contributed by atoms with van der Waals surface area (Å²) in [5, 5.41) is 10.4. The zero-order valence-electron chi connectivity index (χ0n) is 19.4. The van der Waals surface area contributed by atoms with Crippen LogP contribution in [0.15, 0.2) is 36.7 Å². The largest absolute Gasteiger partial charge is 0.465 e. The van der Waals surface area contributed by atoms with Gasteiger partial charge in [0, 0.05) is 42.8 Å². The van der Waals surface area contributed by atoms with Gasteiger partial charge in [0.2, 0.25) is 5.91 Å². The van der Waals surface area contributed by atoms with Gasteiger partial charge in [-0.1, -0.05) is 12.5 Å². The number of aromatic nitrogens is 2. The second kappa shape index (κ2) is 6.84. The summed E-state index contributed by atoms with van der Waals surface area (Å²) in [5.74, 6) is 0.882. The molecule has 8 rings (SSSR count). The Kier molecular flexibility index (Phi) is 4.00. The maximum Gasteiger partial charge on any atom is 0.407 e. The number of amides is 2. The van der Waals surface area contributed by atoms with E-state index in [4.69, 9.17) is 10.7 Å². The molecule has 6 heterocycles. The van der Waals surface area contributed by atoms with Crippen molar-refractivity contribution in [2.24, 2.45) is 0 Å². The lowest BCUT2D eigenvalue weighted by Crippen LogP contribution is -2.70. The maximum absolute atomic E-state index is 13.1. The first-order chi connectivity index (χ1) is 16.9. The summed E-state index contributed by atoms with van der Waals surface area (Å²) >= 11 is 0. The summed E-state index contributed by atoms with van der Waals surface area (Å²) in [6.07, 6.45) is 6.53. The smallest absolute Gasteiger partial charge is 0.407 e. The third-order valence-corrected chi connectivity index (χ3v) is 8.55. The molecule has 3 N–H and O–H groups in total. The van der Waals surface area contributed by atoms with Gasteiger partial charge in [0.25, 0.3) is 0 Å². The lowest BCUT2D eigenvalue weighted by molar-refractivity contribution is -0.125. The van der Waals surface area contributed by atoms with E-state index in [0.29, 0.717) is 24.6 Å². The number of carbonyl (C=O) groups excluding carboxylic acids is 1. The van der Waals surface area contributed by atoms with E-state index in [2.05, 4.69) is 16.0 Å². The quantitative estimate of drug-likeness (QED) is 0.591. The SMILES string of the molecule is CN1C(=O)C2(CCC2)c2c1cnc1ccc(-c3cnc(N4CC5CC(C4)N5C(=O)O)c(N)c3)cc21. The third-order valence-electron chi connectivity index (χ3n) is 8.55. The number of fused-ring (bicyclic) bond motifs is 6. The highest BCUT2D eigenvalue weighted by Gasteiger charge is 2.54. The molecule has 4 aliphatic heterocycles. The highest BCUT2D eigenvalue weighted by Crippen LogP contribution is 2.55. The van der Waals surface area contributed by atoms with E-state index in [-0.39, 0.29) is 18.0 Å². The van der Waals surface area contributed by atoms with Crippen molar-refractivity contribution in [2.45, 2.75) is 43.2 Å². The Morgan fingerprint density at radius 3 is 2.54 bits per heavy atom. The summed E-state index contributed by atoms with van der Waals surface area (Å²) in [7, 11) is 1.84. The first-order valence-electron chi connectivity index (χ1n) is 12.1. The van der Waals surface area contributed by atoms with Crippen LogP contribution < -0.4 is 15.5 Å². The molecule has 1 spiro atoms. The Morgan fingerprint density at radius 1 is 1.11 bits per heavy atom. The topological polar surface area (TPSA) is 116 Å². The summed E-state index contributed by atoms with van der Waals surface area (Å²) in [6.45, 7) is 1.22. The fourth-order valence-corrected chi connectivity index (χ4v) is 6.64. The van der Waals surface area contributed by atoms with Gasteiger partial charge in [0.1, 0.15) is 0 Å². The highest BCUT2D eigenvalue weighted by molar-refractivity contribution is 6.13. The minimum absolute atomic E-state index is 0.00174. The first-order valence-corrected chi connectivity index (χ1v) is 12.1. The number of carbonyl (C=O) groups is 2. The van der Waals surface area contributed by atoms with Gasteiger partial charge in [-0.05, 0) is 43.0 Å². The lowest BCUT2D eigenvalue weighted by Gasteiger charge is -2.55. The second-order valence-corrected chi connectivity index (χ2v) is 10.3. The normalized spacial score (nSPS) is 23.9. The molecule has 2 aromatic heterocycles. The number of pyridine rings is 2. The summed E-state index contributed by atoms with van der Waals surface area (Å²) in [6, 6.07) is 8.08. The number of nitrogens with zero attached hydrogens (tertiary/aromatic N) is 5. The van der Waals surface area contributed by atoms with Crippen molar-refractivity contribution in [3.8, 4) is 11.1 Å². The monoisotopic (exact) mass is 470 g/mol. The van der Waals surface area contributed by atoms with Crippen LogP contribution in [-0.2, 0) is 10.2 Å². The van der Waals surface area contributed by atoms with Crippen molar-refractivity contribution in [1.82, 2.24) is 14.9 Å². The molecule has 9 nitrogen and oxygen atoms in total. The molecular weight excluding hydrogens is 444 g/mol. The van der Waals surface area contributed by atoms with Crippen molar-refractivity contribution in [3.63, 3.8) is 0 Å².